The van der Waals surface area contributed by atoms with Crippen molar-refractivity contribution in [2.75, 3.05) is 0 Å². The highest BCUT2D eigenvalue weighted by atomic mass is 16.3. The second kappa shape index (κ2) is 12.1. The Morgan fingerprint density at radius 3 is 1.88 bits per heavy atom. The van der Waals surface area contributed by atoms with Crippen LogP contribution in [0.25, 0.3) is 94.7 Å². The summed E-state index contributed by atoms with van der Waals surface area (Å²) in [6.07, 6.45) is 6.15. The van der Waals surface area contributed by atoms with Crippen LogP contribution in [-0.2, 0) is 5.41 Å². The Bertz CT molecular complexity index is 3110. The monoisotopic (exact) mass is 720 g/mol. The molecule has 0 N–H and O–H groups in total. The van der Waals surface area contributed by atoms with Gasteiger partial charge in [0.15, 0.2) is 23.1 Å². The highest BCUT2D eigenvalue weighted by molar-refractivity contribution is 6.22. The highest BCUT2D eigenvalue weighted by Crippen LogP contribution is 2.57. The van der Waals surface area contributed by atoms with E-state index in [2.05, 4.69) is 126 Å². The minimum atomic E-state index is 0.0305. The molecule has 5 nitrogen and oxygen atoms in total. The van der Waals surface area contributed by atoms with E-state index in [9.17, 15) is 0 Å². The van der Waals surface area contributed by atoms with Gasteiger partial charge in [0.25, 0.3) is 0 Å². The van der Waals surface area contributed by atoms with Crippen molar-refractivity contribution in [2.45, 2.75) is 37.5 Å². The summed E-state index contributed by atoms with van der Waals surface area (Å²) in [5, 5.41) is 4.65. The third-order valence-corrected chi connectivity index (χ3v) is 12.4. The van der Waals surface area contributed by atoms with Gasteiger partial charge in [-0.3, -0.25) is 0 Å². The maximum Gasteiger partial charge on any atom is 0.164 e. The third-order valence-electron chi connectivity index (χ3n) is 12.4. The Morgan fingerprint density at radius 1 is 0.464 bits per heavy atom. The summed E-state index contributed by atoms with van der Waals surface area (Å²) in [7, 11) is 0. The van der Waals surface area contributed by atoms with Gasteiger partial charge in [-0.2, -0.15) is 0 Å². The summed E-state index contributed by atoms with van der Waals surface area (Å²) >= 11 is 0. The van der Waals surface area contributed by atoms with E-state index in [-0.39, 0.29) is 5.41 Å². The van der Waals surface area contributed by atoms with Crippen LogP contribution in [0.1, 0.15) is 43.2 Å². The number of hydrogen-bond acceptors (Lipinski definition) is 4. The van der Waals surface area contributed by atoms with Gasteiger partial charge in [0.2, 0.25) is 0 Å². The maximum absolute atomic E-state index is 6.81. The lowest BCUT2D eigenvalue weighted by molar-refractivity contribution is 0.353. The number of nitrogens with zero attached hydrogens (tertiary/aromatic N) is 4. The molecule has 0 atom stereocenters. The van der Waals surface area contributed by atoms with Crippen LogP contribution in [0.3, 0.4) is 0 Å². The van der Waals surface area contributed by atoms with Crippen LogP contribution in [0.5, 0.6) is 0 Å². The normalized spacial score (nSPS) is 14.6. The molecule has 1 fully saturated rings. The lowest BCUT2D eigenvalue weighted by Crippen LogP contribution is -2.28. The van der Waals surface area contributed by atoms with Gasteiger partial charge in [-0.15, -0.1) is 0 Å². The average Bonchev–Trinajstić information content (AvgIpc) is 3.90. The van der Waals surface area contributed by atoms with Crippen molar-refractivity contribution in [1.29, 1.82) is 0 Å². The minimum Gasteiger partial charge on any atom is -0.454 e. The molecular weight excluding hydrogens is 685 g/mol. The van der Waals surface area contributed by atoms with Crippen molar-refractivity contribution in [3.05, 3.63) is 169 Å². The number of para-hydroxylation sites is 1. The predicted octanol–water partition coefficient (Wildman–Crippen LogP) is 13.1. The molecule has 3 aromatic heterocycles. The molecule has 56 heavy (non-hydrogen) atoms. The Kier molecular flexibility index (Phi) is 6.79. The summed E-state index contributed by atoms with van der Waals surface area (Å²) in [6.45, 7) is 0. The zero-order chi connectivity index (χ0) is 36.8. The minimum absolute atomic E-state index is 0.0305. The van der Waals surface area contributed by atoms with Gasteiger partial charge in [0.1, 0.15) is 5.58 Å². The Hall–Kier alpha value is -6.85. The standard InChI is InChI=1S/C51H36N4O/c1-4-15-32(16-5-1)48-52-49(33-17-6-2-7-18-33)54-50(53-48)34-19-14-20-35(29-34)55-44-31-43-40(36-21-8-10-23-42(36)51(43)27-12-3-13-28-51)30-41(44)38-25-26-39-37-22-9-11-24-45(37)56-47(39)46(38)55/h1-2,4-11,14-26,29-31H,3,12-13,27-28H2. The highest BCUT2D eigenvalue weighted by Gasteiger charge is 2.44. The molecule has 7 aromatic carbocycles. The van der Waals surface area contributed by atoms with Gasteiger partial charge in [0, 0.05) is 49.3 Å². The van der Waals surface area contributed by atoms with Crippen molar-refractivity contribution in [3.8, 4) is 51.0 Å². The largest absolute Gasteiger partial charge is 0.454 e. The molecule has 5 heteroatoms. The first kappa shape index (κ1) is 31.5. The van der Waals surface area contributed by atoms with Gasteiger partial charge >= 0.3 is 0 Å². The Morgan fingerprint density at radius 2 is 1.11 bits per heavy atom. The second-order valence-electron chi connectivity index (χ2n) is 15.5. The summed E-state index contributed by atoms with van der Waals surface area (Å²) in [5.74, 6) is 1.92. The number of rotatable bonds is 4. The molecule has 0 unspecified atom stereocenters. The smallest absolute Gasteiger partial charge is 0.164 e. The van der Waals surface area contributed by atoms with Crippen molar-refractivity contribution < 1.29 is 4.42 Å². The van der Waals surface area contributed by atoms with E-state index in [1.165, 1.54) is 70.6 Å². The summed E-state index contributed by atoms with van der Waals surface area (Å²) < 4.78 is 9.26. The van der Waals surface area contributed by atoms with Gasteiger partial charge in [-0.25, -0.2) is 15.0 Å². The summed E-state index contributed by atoms with van der Waals surface area (Å²) in [5.41, 5.74) is 13.7. The zero-order valence-electron chi connectivity index (χ0n) is 30.7. The number of fused-ring (bicyclic) bond motifs is 12. The van der Waals surface area contributed by atoms with Gasteiger partial charge in [-0.1, -0.05) is 141 Å². The number of hydrogen-bond donors (Lipinski definition) is 0. The molecule has 0 bridgehead atoms. The molecule has 1 saturated carbocycles. The van der Waals surface area contributed by atoms with Crippen LogP contribution in [0, 0.1) is 0 Å². The molecule has 0 radical (unpaired) electrons. The first-order chi connectivity index (χ1) is 27.7. The first-order valence-electron chi connectivity index (χ1n) is 19.7. The van der Waals surface area contributed by atoms with E-state index in [0.717, 1.165) is 49.8 Å². The van der Waals surface area contributed by atoms with Crippen molar-refractivity contribution in [3.63, 3.8) is 0 Å². The first-order valence-corrected chi connectivity index (χ1v) is 19.7. The number of aromatic nitrogens is 4. The van der Waals surface area contributed by atoms with Crippen LogP contribution in [0.4, 0.5) is 0 Å². The van der Waals surface area contributed by atoms with Crippen LogP contribution >= 0.6 is 0 Å². The molecule has 2 aliphatic rings. The molecule has 0 aliphatic heterocycles. The molecular formula is C51H36N4O. The molecule has 10 aromatic rings. The van der Waals surface area contributed by atoms with Crippen molar-refractivity contribution in [1.82, 2.24) is 19.5 Å². The summed E-state index contributed by atoms with van der Waals surface area (Å²) in [6, 6.07) is 56.1. The maximum atomic E-state index is 6.81. The molecule has 12 rings (SSSR count). The quantitative estimate of drug-likeness (QED) is 0.182. The number of benzene rings is 7. The van der Waals surface area contributed by atoms with Crippen LogP contribution in [-0.4, -0.2) is 19.5 Å². The fourth-order valence-corrected chi connectivity index (χ4v) is 9.91. The van der Waals surface area contributed by atoms with Gasteiger partial charge in [-0.05, 0) is 71.5 Å². The van der Waals surface area contributed by atoms with E-state index in [0.29, 0.717) is 17.5 Å². The average molecular weight is 721 g/mol. The fraction of sp³-hybridized carbons (Fsp3) is 0.118. The fourth-order valence-electron chi connectivity index (χ4n) is 9.91. The topological polar surface area (TPSA) is 56.7 Å². The zero-order valence-corrected chi connectivity index (χ0v) is 30.7. The Labute approximate surface area is 323 Å². The lowest BCUT2D eigenvalue weighted by Gasteiger charge is -2.36. The second-order valence-corrected chi connectivity index (χ2v) is 15.5. The number of furan rings is 1. The molecule has 0 saturated heterocycles. The van der Waals surface area contributed by atoms with Gasteiger partial charge < -0.3 is 8.98 Å². The molecule has 0 amide bonds. The van der Waals surface area contributed by atoms with E-state index < -0.39 is 0 Å². The van der Waals surface area contributed by atoms with Crippen molar-refractivity contribution in [2.24, 2.45) is 0 Å². The van der Waals surface area contributed by atoms with E-state index >= 15 is 0 Å². The van der Waals surface area contributed by atoms with Crippen LogP contribution in [0.15, 0.2) is 162 Å². The van der Waals surface area contributed by atoms with E-state index in [1.54, 1.807) is 0 Å². The molecule has 266 valence electrons. The van der Waals surface area contributed by atoms with Gasteiger partial charge in [0.05, 0.1) is 11.0 Å². The third kappa shape index (κ3) is 4.58. The predicted molar refractivity (Wildman–Crippen MR) is 227 cm³/mol. The lowest BCUT2D eigenvalue weighted by atomic mass is 9.68. The Balaban J connectivity index is 1.14. The van der Waals surface area contributed by atoms with E-state index in [4.69, 9.17) is 19.4 Å². The van der Waals surface area contributed by atoms with Crippen LogP contribution in [0.2, 0.25) is 0 Å². The SMILES string of the molecule is c1ccc(-c2nc(-c3ccccc3)nc(-c3cccc(-n4c5cc6c(cc5c5ccc7c8ccccc8oc7c54)-c4ccccc4C64CCCCC4)c3)n2)cc1. The molecule has 2 aliphatic carbocycles. The van der Waals surface area contributed by atoms with E-state index in [1.807, 2.05) is 36.4 Å². The van der Waals surface area contributed by atoms with Crippen LogP contribution < -0.4 is 0 Å². The molecule has 1 spiro atoms. The summed E-state index contributed by atoms with van der Waals surface area (Å²) in [4.78, 5) is 15.2. The molecule has 3 heterocycles. The van der Waals surface area contributed by atoms with Crippen molar-refractivity contribution >= 4 is 43.7 Å².